The van der Waals surface area contributed by atoms with E-state index >= 15 is 0 Å². The summed E-state index contributed by atoms with van der Waals surface area (Å²) in [5.41, 5.74) is 2.80. The second-order valence-corrected chi connectivity index (χ2v) is 5.10. The van der Waals surface area contributed by atoms with Crippen molar-refractivity contribution in [3.63, 3.8) is 0 Å². The summed E-state index contributed by atoms with van der Waals surface area (Å²) in [6.45, 7) is 8.92. The third-order valence-corrected chi connectivity index (χ3v) is 3.73. The average Bonchev–Trinajstić information content (AvgIpc) is 3.09. The van der Waals surface area contributed by atoms with Crippen molar-refractivity contribution in [3.8, 4) is 0 Å². The molecule has 0 nitrogen and oxygen atoms in total. The van der Waals surface area contributed by atoms with E-state index in [2.05, 4.69) is 64.2 Å². The Hall–Kier alpha value is -0.157. The molecule has 0 aromatic rings. The van der Waals surface area contributed by atoms with Crippen molar-refractivity contribution < 1.29 is 26.2 Å². The van der Waals surface area contributed by atoms with E-state index in [0.717, 1.165) is 12.8 Å². The molecule has 0 radical (unpaired) electrons. The predicted octanol–water partition coefficient (Wildman–Crippen LogP) is 5.44. The molecular weight excluding hydrogens is 307 g/mol. The first kappa shape index (κ1) is 18.8. The average molecular weight is 334 g/mol. The summed E-state index contributed by atoms with van der Waals surface area (Å²) in [6.07, 6.45) is 19.9. The Balaban J connectivity index is 0.000000324. The standard InChI is InChI=1S/2C9H13.Zr/c2*1-3-8(2)9-6-4-5-7-9;/h2*4,6,8H,3,5H2,1-2H3;/q2*-1;+2. The van der Waals surface area contributed by atoms with Crippen LogP contribution in [0.3, 0.4) is 0 Å². The van der Waals surface area contributed by atoms with Gasteiger partial charge in [0.15, 0.2) is 0 Å². The van der Waals surface area contributed by atoms with Gasteiger partial charge in [-0.1, -0.05) is 52.4 Å². The van der Waals surface area contributed by atoms with E-state index in [1.165, 1.54) is 24.0 Å². The van der Waals surface area contributed by atoms with E-state index in [0.29, 0.717) is 11.8 Å². The summed E-state index contributed by atoms with van der Waals surface area (Å²) in [5, 5.41) is 0. The molecule has 2 atom stereocenters. The fourth-order valence-electron chi connectivity index (χ4n) is 1.96. The van der Waals surface area contributed by atoms with E-state index in [9.17, 15) is 0 Å². The summed E-state index contributed by atoms with van der Waals surface area (Å²) in [5.74, 6) is 1.42. The molecule has 2 rings (SSSR count). The maximum atomic E-state index is 3.31. The first-order valence-electron chi connectivity index (χ1n) is 7.23. The van der Waals surface area contributed by atoms with Crippen LogP contribution in [0.5, 0.6) is 0 Å². The fraction of sp³-hybridized carbons (Fsp3) is 0.556. The van der Waals surface area contributed by atoms with E-state index in [1.807, 2.05) is 0 Å². The normalized spacial score (nSPS) is 18.9. The molecule has 19 heavy (non-hydrogen) atoms. The molecule has 0 saturated carbocycles. The second kappa shape index (κ2) is 10.6. The molecule has 2 aliphatic carbocycles. The molecular formula is C18H26Zr. The molecule has 0 bridgehead atoms. The van der Waals surface area contributed by atoms with Gasteiger partial charge in [-0.3, -0.25) is 12.2 Å². The topological polar surface area (TPSA) is 0 Å². The third kappa shape index (κ3) is 6.71. The molecule has 0 fully saturated rings. The van der Waals surface area contributed by atoms with Crippen LogP contribution >= 0.6 is 0 Å². The number of rotatable bonds is 4. The van der Waals surface area contributed by atoms with Gasteiger partial charge >= 0.3 is 26.2 Å². The van der Waals surface area contributed by atoms with Crippen molar-refractivity contribution in [1.29, 1.82) is 0 Å². The Bertz CT molecular complexity index is 322. The molecule has 2 aliphatic rings. The molecule has 0 N–H and O–H groups in total. The maximum absolute atomic E-state index is 3.31. The zero-order chi connectivity index (χ0) is 13.4. The molecule has 0 amide bonds. The molecule has 2 unspecified atom stereocenters. The molecule has 0 spiro atoms. The summed E-state index contributed by atoms with van der Waals surface area (Å²) in [4.78, 5) is 0. The summed E-state index contributed by atoms with van der Waals surface area (Å²) >= 11 is 0. The third-order valence-electron chi connectivity index (χ3n) is 3.73. The van der Waals surface area contributed by atoms with Gasteiger partial charge in [0.2, 0.25) is 0 Å². The Morgan fingerprint density at radius 2 is 1.26 bits per heavy atom. The zero-order valence-electron chi connectivity index (χ0n) is 12.8. The van der Waals surface area contributed by atoms with Gasteiger partial charge in [-0.05, 0) is 0 Å². The first-order valence-corrected chi connectivity index (χ1v) is 7.23. The quantitative estimate of drug-likeness (QED) is 0.601. The van der Waals surface area contributed by atoms with Crippen LogP contribution in [0.1, 0.15) is 53.4 Å². The Labute approximate surface area is 138 Å². The van der Waals surface area contributed by atoms with Crippen molar-refractivity contribution in [1.82, 2.24) is 0 Å². The van der Waals surface area contributed by atoms with Crippen LogP contribution in [-0.4, -0.2) is 0 Å². The monoisotopic (exact) mass is 332 g/mol. The molecule has 102 valence electrons. The number of hydrogen-bond acceptors (Lipinski definition) is 0. The first-order chi connectivity index (χ1) is 8.69. The van der Waals surface area contributed by atoms with Crippen LogP contribution in [0.25, 0.3) is 0 Å². The fourth-order valence-corrected chi connectivity index (χ4v) is 1.96. The van der Waals surface area contributed by atoms with Gasteiger partial charge in [0, 0.05) is 0 Å². The maximum Gasteiger partial charge on any atom is 2.00 e. The predicted molar refractivity (Wildman–Crippen MR) is 79.9 cm³/mol. The van der Waals surface area contributed by atoms with E-state index in [4.69, 9.17) is 0 Å². The summed E-state index contributed by atoms with van der Waals surface area (Å²) < 4.78 is 0. The molecule has 0 aliphatic heterocycles. The van der Waals surface area contributed by atoms with E-state index in [1.54, 1.807) is 0 Å². The van der Waals surface area contributed by atoms with Gasteiger partial charge in [-0.2, -0.15) is 12.2 Å². The summed E-state index contributed by atoms with van der Waals surface area (Å²) in [6, 6.07) is 0. The van der Waals surface area contributed by atoms with Crippen molar-refractivity contribution in [2.24, 2.45) is 11.8 Å². The van der Waals surface area contributed by atoms with Gasteiger partial charge in [-0.25, -0.2) is 23.3 Å². The van der Waals surface area contributed by atoms with Crippen molar-refractivity contribution in [3.05, 3.63) is 47.6 Å². The van der Waals surface area contributed by atoms with Crippen LogP contribution in [-0.2, 0) is 26.2 Å². The number of allylic oxidation sites excluding steroid dienone is 8. The minimum atomic E-state index is 0. The van der Waals surface area contributed by atoms with Crippen LogP contribution in [0, 0.1) is 24.0 Å². The second-order valence-electron chi connectivity index (χ2n) is 5.10. The molecule has 0 aromatic heterocycles. The van der Waals surface area contributed by atoms with Crippen LogP contribution in [0.4, 0.5) is 0 Å². The van der Waals surface area contributed by atoms with Crippen molar-refractivity contribution in [2.45, 2.75) is 53.4 Å². The van der Waals surface area contributed by atoms with Crippen LogP contribution < -0.4 is 0 Å². The SMILES string of the molecule is CCC(C)C1=[C-]CC=C1.CCC(C)C1=[C-]CC=C1.[Zr+2]. The molecule has 0 aromatic carbocycles. The van der Waals surface area contributed by atoms with Crippen molar-refractivity contribution >= 4 is 0 Å². The Morgan fingerprint density at radius 1 is 0.895 bits per heavy atom. The van der Waals surface area contributed by atoms with Gasteiger partial charge < -0.3 is 0 Å². The number of hydrogen-bond donors (Lipinski definition) is 0. The van der Waals surface area contributed by atoms with E-state index < -0.39 is 0 Å². The Morgan fingerprint density at radius 3 is 1.47 bits per heavy atom. The zero-order valence-corrected chi connectivity index (χ0v) is 15.3. The van der Waals surface area contributed by atoms with Gasteiger partial charge in [-0.15, -0.1) is 12.8 Å². The largest absolute Gasteiger partial charge is 2.00 e. The van der Waals surface area contributed by atoms with Gasteiger partial charge in [0.25, 0.3) is 0 Å². The van der Waals surface area contributed by atoms with Gasteiger partial charge in [0.05, 0.1) is 0 Å². The Kier molecular flexibility index (Phi) is 10.5. The van der Waals surface area contributed by atoms with Crippen LogP contribution in [0.15, 0.2) is 35.5 Å². The molecule has 1 heteroatoms. The molecule has 0 heterocycles. The molecule has 0 saturated heterocycles. The smallest absolute Gasteiger partial charge is 0.269 e. The minimum Gasteiger partial charge on any atom is -0.269 e. The minimum absolute atomic E-state index is 0. The van der Waals surface area contributed by atoms with E-state index in [-0.39, 0.29) is 26.2 Å². The van der Waals surface area contributed by atoms with Crippen LogP contribution in [0.2, 0.25) is 0 Å². The summed E-state index contributed by atoms with van der Waals surface area (Å²) in [7, 11) is 0. The van der Waals surface area contributed by atoms with Gasteiger partial charge in [0.1, 0.15) is 0 Å². The van der Waals surface area contributed by atoms with Crippen molar-refractivity contribution in [2.75, 3.05) is 0 Å².